The van der Waals surface area contributed by atoms with Gasteiger partial charge in [0.15, 0.2) is 0 Å². The molecule has 0 aromatic heterocycles. The van der Waals surface area contributed by atoms with Crippen molar-refractivity contribution in [2.75, 3.05) is 5.73 Å². The fraction of sp³-hybridized carbons (Fsp3) is 0.125. The summed E-state index contributed by atoms with van der Waals surface area (Å²) in [4.78, 5) is 5.41. The second-order valence-corrected chi connectivity index (χ2v) is 4.96. The molecule has 1 atom stereocenters. The van der Waals surface area contributed by atoms with E-state index in [1.807, 2.05) is 18.2 Å². The Labute approximate surface area is 125 Å². The van der Waals surface area contributed by atoms with Crippen molar-refractivity contribution in [2.24, 2.45) is 0 Å². The molecule has 0 amide bonds. The first-order valence-corrected chi connectivity index (χ1v) is 6.60. The molecule has 1 aliphatic rings. The highest BCUT2D eigenvalue weighted by Gasteiger charge is 2.30. The van der Waals surface area contributed by atoms with E-state index in [0.717, 1.165) is 23.4 Å². The molecule has 6 heteroatoms. The van der Waals surface area contributed by atoms with Crippen LogP contribution in [0, 0.1) is 0 Å². The molecule has 1 heterocycles. The van der Waals surface area contributed by atoms with Crippen LogP contribution in [0.15, 0.2) is 54.6 Å². The van der Waals surface area contributed by atoms with E-state index in [1.165, 1.54) is 12.1 Å². The second-order valence-electron chi connectivity index (χ2n) is 4.96. The lowest BCUT2D eigenvalue weighted by Gasteiger charge is -2.10. The van der Waals surface area contributed by atoms with Crippen molar-refractivity contribution < 1.29 is 18.0 Å². The van der Waals surface area contributed by atoms with Crippen molar-refractivity contribution >= 4 is 11.4 Å². The minimum Gasteiger partial charge on any atom is -0.399 e. The Morgan fingerprint density at radius 1 is 0.955 bits per heavy atom. The van der Waals surface area contributed by atoms with Crippen LogP contribution in [0.4, 0.5) is 18.9 Å². The van der Waals surface area contributed by atoms with Crippen LogP contribution in [0.25, 0.3) is 5.70 Å². The van der Waals surface area contributed by atoms with Gasteiger partial charge in [-0.1, -0.05) is 24.3 Å². The van der Waals surface area contributed by atoms with Gasteiger partial charge in [-0.05, 0) is 41.5 Å². The predicted molar refractivity (Wildman–Crippen MR) is 77.2 cm³/mol. The van der Waals surface area contributed by atoms with Gasteiger partial charge in [0.25, 0.3) is 0 Å². The highest BCUT2D eigenvalue weighted by Crippen LogP contribution is 2.32. The van der Waals surface area contributed by atoms with E-state index in [1.54, 1.807) is 12.1 Å². The molecule has 0 saturated heterocycles. The van der Waals surface area contributed by atoms with Crippen molar-refractivity contribution in [3.05, 3.63) is 71.3 Å². The summed E-state index contributed by atoms with van der Waals surface area (Å²) in [6, 6.07) is 12.1. The SMILES string of the molecule is Nc1ccc(C2=CC(c3ccc(C(F)(F)F)cc3)ON2)cc1. The number of halogens is 3. The molecule has 0 fully saturated rings. The van der Waals surface area contributed by atoms with Crippen LogP contribution in [0.2, 0.25) is 0 Å². The quantitative estimate of drug-likeness (QED) is 0.827. The van der Waals surface area contributed by atoms with Crippen LogP contribution in [-0.4, -0.2) is 0 Å². The summed E-state index contributed by atoms with van der Waals surface area (Å²) >= 11 is 0. The van der Waals surface area contributed by atoms with Crippen molar-refractivity contribution in [2.45, 2.75) is 12.3 Å². The molecular formula is C16H13F3N2O. The van der Waals surface area contributed by atoms with Gasteiger partial charge in [0, 0.05) is 5.69 Å². The zero-order valence-electron chi connectivity index (χ0n) is 11.4. The molecule has 2 aromatic rings. The average molecular weight is 306 g/mol. The molecule has 0 bridgehead atoms. The smallest absolute Gasteiger partial charge is 0.399 e. The van der Waals surface area contributed by atoms with Gasteiger partial charge in [0.2, 0.25) is 0 Å². The lowest BCUT2D eigenvalue weighted by Crippen LogP contribution is -2.08. The standard InChI is InChI=1S/C16H13F3N2O/c17-16(18,19)12-5-1-11(2-6-12)15-9-14(21-22-15)10-3-7-13(20)8-4-10/h1-9,15,21H,20H2. The van der Waals surface area contributed by atoms with Crippen LogP contribution >= 0.6 is 0 Å². The number of alkyl halides is 3. The van der Waals surface area contributed by atoms with E-state index in [4.69, 9.17) is 10.6 Å². The van der Waals surface area contributed by atoms with Gasteiger partial charge in [-0.15, -0.1) is 0 Å². The molecule has 3 N–H and O–H groups in total. The Balaban J connectivity index is 1.80. The number of benzene rings is 2. The predicted octanol–water partition coefficient (Wildman–Crippen LogP) is 3.90. The molecule has 1 aliphatic heterocycles. The fourth-order valence-corrected chi connectivity index (χ4v) is 2.19. The molecule has 0 radical (unpaired) electrons. The van der Waals surface area contributed by atoms with Crippen LogP contribution < -0.4 is 11.2 Å². The summed E-state index contributed by atoms with van der Waals surface area (Å²) in [6.07, 6.45) is -2.96. The van der Waals surface area contributed by atoms with Crippen molar-refractivity contribution in [3.8, 4) is 0 Å². The number of hydroxylamine groups is 1. The van der Waals surface area contributed by atoms with Crippen LogP contribution in [0.1, 0.15) is 22.8 Å². The number of hydrogen-bond donors (Lipinski definition) is 2. The minimum absolute atomic E-state index is 0.435. The maximum Gasteiger partial charge on any atom is 0.416 e. The third kappa shape index (κ3) is 2.92. The normalized spacial score (nSPS) is 18.0. The van der Waals surface area contributed by atoms with Crippen molar-refractivity contribution in [3.63, 3.8) is 0 Å². The van der Waals surface area contributed by atoms with Crippen LogP contribution in [0.3, 0.4) is 0 Å². The number of anilines is 1. The number of nitrogen functional groups attached to an aromatic ring is 1. The Hall–Kier alpha value is -2.47. The topological polar surface area (TPSA) is 47.3 Å². The van der Waals surface area contributed by atoms with Gasteiger partial charge in [-0.3, -0.25) is 10.3 Å². The van der Waals surface area contributed by atoms with E-state index >= 15 is 0 Å². The Morgan fingerprint density at radius 3 is 2.18 bits per heavy atom. The number of hydrogen-bond acceptors (Lipinski definition) is 3. The molecule has 0 spiro atoms. The van der Waals surface area contributed by atoms with Gasteiger partial charge in [-0.25, -0.2) is 0 Å². The summed E-state index contributed by atoms with van der Waals surface area (Å²) < 4.78 is 37.6. The zero-order valence-corrected chi connectivity index (χ0v) is 11.4. The zero-order chi connectivity index (χ0) is 15.7. The minimum atomic E-state index is -4.34. The average Bonchev–Trinajstić information content (AvgIpc) is 2.97. The fourth-order valence-electron chi connectivity index (χ4n) is 2.19. The summed E-state index contributed by atoms with van der Waals surface area (Å²) in [5, 5.41) is 0. The summed E-state index contributed by atoms with van der Waals surface area (Å²) in [7, 11) is 0. The molecule has 3 nitrogen and oxygen atoms in total. The molecule has 1 unspecified atom stereocenters. The largest absolute Gasteiger partial charge is 0.416 e. The molecule has 114 valence electrons. The Morgan fingerprint density at radius 2 is 1.59 bits per heavy atom. The number of rotatable bonds is 2. The van der Waals surface area contributed by atoms with Gasteiger partial charge in [-0.2, -0.15) is 13.2 Å². The van der Waals surface area contributed by atoms with Gasteiger partial charge in [0.05, 0.1) is 11.3 Å². The van der Waals surface area contributed by atoms with Gasteiger partial charge < -0.3 is 5.73 Å². The molecule has 0 aliphatic carbocycles. The van der Waals surface area contributed by atoms with Crippen molar-refractivity contribution in [1.29, 1.82) is 0 Å². The van der Waals surface area contributed by atoms with E-state index in [2.05, 4.69) is 5.48 Å². The third-order valence-corrected chi connectivity index (χ3v) is 3.40. The Bertz CT molecular complexity index is 691. The molecule has 0 saturated carbocycles. The lowest BCUT2D eigenvalue weighted by atomic mass is 10.0. The third-order valence-electron chi connectivity index (χ3n) is 3.40. The highest BCUT2D eigenvalue weighted by atomic mass is 19.4. The van der Waals surface area contributed by atoms with E-state index in [0.29, 0.717) is 11.3 Å². The van der Waals surface area contributed by atoms with Crippen molar-refractivity contribution in [1.82, 2.24) is 5.48 Å². The maximum atomic E-state index is 12.5. The number of nitrogens with two attached hydrogens (primary N) is 1. The number of nitrogens with one attached hydrogen (secondary N) is 1. The van der Waals surface area contributed by atoms with Crippen LogP contribution in [0.5, 0.6) is 0 Å². The highest BCUT2D eigenvalue weighted by molar-refractivity contribution is 5.66. The van der Waals surface area contributed by atoms with Gasteiger partial charge in [0.1, 0.15) is 6.10 Å². The summed E-state index contributed by atoms with van der Waals surface area (Å²) in [6.45, 7) is 0. The van der Waals surface area contributed by atoms with E-state index in [-0.39, 0.29) is 0 Å². The van der Waals surface area contributed by atoms with Gasteiger partial charge >= 0.3 is 6.18 Å². The first-order chi connectivity index (χ1) is 10.4. The summed E-state index contributed by atoms with van der Waals surface area (Å²) in [5.41, 5.74) is 10.7. The second kappa shape index (κ2) is 5.38. The summed E-state index contributed by atoms with van der Waals surface area (Å²) in [5.74, 6) is 0. The molecule has 2 aromatic carbocycles. The first-order valence-electron chi connectivity index (χ1n) is 6.60. The molecular weight excluding hydrogens is 293 g/mol. The molecule has 22 heavy (non-hydrogen) atoms. The monoisotopic (exact) mass is 306 g/mol. The Kier molecular flexibility index (Phi) is 3.54. The first kappa shape index (κ1) is 14.5. The van der Waals surface area contributed by atoms with E-state index in [9.17, 15) is 13.2 Å². The molecule has 3 rings (SSSR count). The van der Waals surface area contributed by atoms with Crippen LogP contribution in [-0.2, 0) is 11.0 Å². The van der Waals surface area contributed by atoms with E-state index < -0.39 is 17.8 Å². The maximum absolute atomic E-state index is 12.5. The lowest BCUT2D eigenvalue weighted by molar-refractivity contribution is -0.137.